The summed E-state index contributed by atoms with van der Waals surface area (Å²) in [5.74, 6) is 0. The van der Waals surface area contributed by atoms with Gasteiger partial charge < -0.3 is 14.1 Å². The normalized spacial score (nSPS) is 19.1. The highest BCUT2D eigenvalue weighted by Crippen LogP contribution is 2.36. The van der Waals surface area contributed by atoms with Crippen molar-refractivity contribution in [1.82, 2.24) is 0 Å². The van der Waals surface area contributed by atoms with Crippen LogP contribution in [0.1, 0.15) is 38.8 Å². The number of hydrogen-bond donors (Lipinski definition) is 0. The van der Waals surface area contributed by atoms with Crippen molar-refractivity contribution in [2.45, 2.75) is 38.9 Å². The second kappa shape index (κ2) is 6.66. The van der Waals surface area contributed by atoms with Gasteiger partial charge in [-0.2, -0.15) is 0 Å². The van der Waals surface area contributed by atoms with Crippen LogP contribution in [0.15, 0.2) is 59.8 Å². The fourth-order valence-electron chi connectivity index (χ4n) is 2.74. The van der Waals surface area contributed by atoms with Crippen molar-refractivity contribution >= 4 is 18.3 Å². The summed E-state index contributed by atoms with van der Waals surface area (Å²) in [7, 11) is 1.19. The van der Waals surface area contributed by atoms with Gasteiger partial charge in [0.1, 0.15) is 12.8 Å². The van der Waals surface area contributed by atoms with Crippen molar-refractivity contribution < 1.29 is 14.1 Å². The average Bonchev–Trinajstić information content (AvgIpc) is 2.81. The van der Waals surface area contributed by atoms with Crippen LogP contribution in [0, 0.1) is 0 Å². The third-order valence-corrected chi connectivity index (χ3v) is 4.94. The lowest BCUT2D eigenvalue weighted by Crippen LogP contribution is -2.41. The van der Waals surface area contributed by atoms with Crippen molar-refractivity contribution in [3.05, 3.63) is 65.7 Å². The first-order valence-corrected chi connectivity index (χ1v) is 8.46. The highest BCUT2D eigenvalue weighted by molar-refractivity contribution is 6.62. The minimum atomic E-state index is -0.362. The van der Waals surface area contributed by atoms with Crippen LogP contribution in [-0.4, -0.2) is 31.1 Å². The molecule has 2 aromatic carbocycles. The summed E-state index contributed by atoms with van der Waals surface area (Å²) in [5, 5.41) is 4.19. The predicted molar refractivity (Wildman–Crippen MR) is 101 cm³/mol. The van der Waals surface area contributed by atoms with E-state index in [-0.39, 0.29) is 18.3 Å². The average molecular weight is 337 g/mol. The molecule has 130 valence electrons. The largest absolute Gasteiger partial charge is 0.494 e. The Kier molecular flexibility index (Phi) is 4.72. The molecule has 4 nitrogen and oxygen atoms in total. The number of benzene rings is 2. The standard InChI is InChI=1S/C20H24BNO3/c1-19(2)20(3,4)25-21(24-19)17-13-11-16(12-14-17)18(22-23-5)15-9-7-6-8-10-15/h6-14H,1-5H3/b22-18+. The second-order valence-corrected chi connectivity index (χ2v) is 7.20. The maximum Gasteiger partial charge on any atom is 0.494 e. The highest BCUT2D eigenvalue weighted by Gasteiger charge is 2.51. The van der Waals surface area contributed by atoms with Gasteiger partial charge in [-0.1, -0.05) is 59.8 Å². The van der Waals surface area contributed by atoms with Gasteiger partial charge >= 0.3 is 7.12 Å². The monoisotopic (exact) mass is 337 g/mol. The summed E-state index contributed by atoms with van der Waals surface area (Å²) in [6.07, 6.45) is 0. The van der Waals surface area contributed by atoms with Crippen LogP contribution in [-0.2, 0) is 14.1 Å². The first-order valence-electron chi connectivity index (χ1n) is 8.46. The lowest BCUT2D eigenvalue weighted by Gasteiger charge is -2.32. The molecule has 0 amide bonds. The lowest BCUT2D eigenvalue weighted by molar-refractivity contribution is 0.00578. The minimum Gasteiger partial charge on any atom is -0.399 e. The molecule has 0 radical (unpaired) electrons. The molecule has 0 N–H and O–H groups in total. The Balaban J connectivity index is 1.86. The number of oxime groups is 1. The summed E-state index contributed by atoms with van der Waals surface area (Å²) in [6.45, 7) is 8.22. The predicted octanol–water partition coefficient (Wildman–Crippen LogP) is 3.38. The number of hydrogen-bond acceptors (Lipinski definition) is 4. The van der Waals surface area contributed by atoms with Gasteiger partial charge in [-0.25, -0.2) is 0 Å². The van der Waals surface area contributed by atoms with E-state index in [2.05, 4.69) is 32.9 Å². The molecule has 1 fully saturated rings. The first-order chi connectivity index (χ1) is 11.8. The first kappa shape index (κ1) is 17.7. The topological polar surface area (TPSA) is 40.0 Å². The van der Waals surface area contributed by atoms with Crippen molar-refractivity contribution in [3.63, 3.8) is 0 Å². The zero-order valence-electron chi connectivity index (χ0n) is 15.4. The van der Waals surface area contributed by atoms with Crippen LogP contribution in [0.5, 0.6) is 0 Å². The lowest BCUT2D eigenvalue weighted by atomic mass is 9.78. The van der Waals surface area contributed by atoms with Crippen molar-refractivity contribution in [2.75, 3.05) is 7.11 Å². The Morgan fingerprint density at radius 2 is 1.36 bits per heavy atom. The van der Waals surface area contributed by atoms with E-state index in [1.54, 1.807) is 7.11 Å². The zero-order chi connectivity index (χ0) is 18.1. The molecule has 1 saturated heterocycles. The molecule has 25 heavy (non-hydrogen) atoms. The molecule has 1 aliphatic heterocycles. The summed E-state index contributed by atoms with van der Waals surface area (Å²) in [4.78, 5) is 5.04. The van der Waals surface area contributed by atoms with Gasteiger partial charge in [-0.05, 0) is 33.2 Å². The molecular formula is C20H24BNO3. The summed E-state index contributed by atoms with van der Waals surface area (Å²) < 4.78 is 12.2. The Labute approximate surface area is 149 Å². The van der Waals surface area contributed by atoms with E-state index in [0.29, 0.717) is 0 Å². The summed E-state index contributed by atoms with van der Waals surface area (Å²) >= 11 is 0. The molecule has 1 aliphatic rings. The van der Waals surface area contributed by atoms with Gasteiger partial charge in [-0.3, -0.25) is 0 Å². The van der Waals surface area contributed by atoms with Crippen LogP contribution in [0.3, 0.4) is 0 Å². The zero-order valence-corrected chi connectivity index (χ0v) is 15.4. The van der Waals surface area contributed by atoms with Gasteiger partial charge in [0.15, 0.2) is 0 Å². The van der Waals surface area contributed by atoms with Gasteiger partial charge in [0.25, 0.3) is 0 Å². The molecule has 2 aromatic rings. The van der Waals surface area contributed by atoms with Crippen molar-refractivity contribution in [1.29, 1.82) is 0 Å². The molecule has 3 rings (SSSR count). The molecule has 1 heterocycles. The highest BCUT2D eigenvalue weighted by atomic mass is 16.7. The minimum absolute atomic E-state index is 0.344. The van der Waals surface area contributed by atoms with Crippen LogP contribution in [0.4, 0.5) is 0 Å². The fourth-order valence-corrected chi connectivity index (χ4v) is 2.74. The summed E-state index contributed by atoms with van der Waals surface area (Å²) in [6, 6.07) is 18.1. The summed E-state index contributed by atoms with van der Waals surface area (Å²) in [5.41, 5.74) is 3.09. The maximum absolute atomic E-state index is 6.11. The van der Waals surface area contributed by atoms with Gasteiger partial charge in [-0.15, -0.1) is 0 Å². The Hall–Kier alpha value is -2.11. The van der Waals surface area contributed by atoms with E-state index >= 15 is 0 Å². The Morgan fingerprint density at radius 3 is 1.88 bits per heavy atom. The van der Waals surface area contributed by atoms with E-state index < -0.39 is 0 Å². The van der Waals surface area contributed by atoms with Crippen LogP contribution < -0.4 is 5.46 Å². The van der Waals surface area contributed by atoms with E-state index in [4.69, 9.17) is 14.1 Å². The van der Waals surface area contributed by atoms with Crippen molar-refractivity contribution in [3.8, 4) is 0 Å². The van der Waals surface area contributed by atoms with E-state index in [1.807, 2.05) is 54.6 Å². The van der Waals surface area contributed by atoms with Crippen LogP contribution >= 0.6 is 0 Å². The fraction of sp³-hybridized carbons (Fsp3) is 0.350. The van der Waals surface area contributed by atoms with Crippen LogP contribution in [0.2, 0.25) is 0 Å². The van der Waals surface area contributed by atoms with Gasteiger partial charge in [0.2, 0.25) is 0 Å². The molecule has 5 heteroatoms. The smallest absolute Gasteiger partial charge is 0.399 e. The Bertz CT molecular complexity index is 738. The molecule has 0 bridgehead atoms. The van der Waals surface area contributed by atoms with Gasteiger partial charge in [0, 0.05) is 11.1 Å². The molecule has 0 saturated carbocycles. The molecule has 0 aliphatic carbocycles. The third-order valence-electron chi connectivity index (χ3n) is 4.94. The van der Waals surface area contributed by atoms with E-state index in [1.165, 1.54) is 0 Å². The molecule has 0 spiro atoms. The Morgan fingerprint density at radius 1 is 0.840 bits per heavy atom. The van der Waals surface area contributed by atoms with E-state index in [9.17, 15) is 0 Å². The number of rotatable bonds is 4. The SMILES string of the molecule is CO/N=C(\c1ccccc1)c1ccc(B2OC(C)(C)C(C)(C)O2)cc1. The second-order valence-electron chi connectivity index (χ2n) is 7.20. The van der Waals surface area contributed by atoms with E-state index in [0.717, 1.165) is 22.3 Å². The molecule has 0 atom stereocenters. The van der Waals surface area contributed by atoms with Crippen LogP contribution in [0.25, 0.3) is 0 Å². The molecule has 0 unspecified atom stereocenters. The third kappa shape index (κ3) is 3.48. The van der Waals surface area contributed by atoms with Gasteiger partial charge in [0.05, 0.1) is 11.2 Å². The molecular weight excluding hydrogens is 313 g/mol. The maximum atomic E-state index is 6.11. The molecule has 0 aromatic heterocycles. The number of nitrogens with zero attached hydrogens (tertiary/aromatic N) is 1. The quantitative estimate of drug-likeness (QED) is 0.488. The van der Waals surface area contributed by atoms with Crippen molar-refractivity contribution in [2.24, 2.45) is 5.16 Å².